The normalized spacial score (nSPS) is 17.5. The molecule has 0 bridgehead atoms. The van der Waals surface area contributed by atoms with E-state index in [1.165, 1.54) is 16.7 Å². The average Bonchev–Trinajstić information content (AvgIpc) is 2.93. The van der Waals surface area contributed by atoms with E-state index in [9.17, 15) is 14.7 Å². The van der Waals surface area contributed by atoms with Gasteiger partial charge in [-0.3, -0.25) is 9.69 Å². The third-order valence-electron chi connectivity index (χ3n) is 2.45. The monoisotopic (exact) mass is 312 g/mol. The fourth-order valence-corrected chi connectivity index (χ4v) is 3.61. The van der Waals surface area contributed by atoms with Gasteiger partial charge in [-0.2, -0.15) is 0 Å². The van der Waals surface area contributed by atoms with Gasteiger partial charge in [-0.1, -0.05) is 30.0 Å². The van der Waals surface area contributed by atoms with Gasteiger partial charge in [0.1, 0.15) is 4.32 Å². The summed E-state index contributed by atoms with van der Waals surface area (Å²) in [5.74, 6) is -1.26. The standard InChI is InChI=1S/C12H11NO3S3/c14-10(15)4-1-5-13-11(16)9(19-12(13)17)7-8-3-2-6-18-8/h2-3,6-7H,1,4-5H2,(H,14,15)/p-1/b9-7-. The van der Waals surface area contributed by atoms with Gasteiger partial charge in [0.05, 0.1) is 4.91 Å². The molecule has 1 aliphatic rings. The fraction of sp³-hybridized carbons (Fsp3) is 0.250. The smallest absolute Gasteiger partial charge is 0.266 e. The Morgan fingerprint density at radius 3 is 2.95 bits per heavy atom. The summed E-state index contributed by atoms with van der Waals surface area (Å²) in [5, 5.41) is 12.3. The molecule has 100 valence electrons. The minimum Gasteiger partial charge on any atom is -0.550 e. The number of hydrogen-bond donors (Lipinski definition) is 0. The van der Waals surface area contributed by atoms with Crippen molar-refractivity contribution in [3.05, 3.63) is 27.3 Å². The van der Waals surface area contributed by atoms with Gasteiger partial charge in [-0.05, 0) is 30.4 Å². The molecule has 19 heavy (non-hydrogen) atoms. The number of carboxylic acid groups (broad SMARTS) is 1. The molecule has 7 heteroatoms. The minimum absolute atomic E-state index is 0.0684. The number of thiophene rings is 1. The third-order valence-corrected chi connectivity index (χ3v) is 4.65. The maximum absolute atomic E-state index is 12.1. The van der Waals surface area contributed by atoms with E-state index in [2.05, 4.69) is 0 Å². The van der Waals surface area contributed by atoms with Crippen LogP contribution < -0.4 is 5.11 Å². The number of amides is 1. The molecule has 0 aromatic carbocycles. The quantitative estimate of drug-likeness (QED) is 0.609. The van der Waals surface area contributed by atoms with Gasteiger partial charge in [0.15, 0.2) is 0 Å². The minimum atomic E-state index is -1.11. The van der Waals surface area contributed by atoms with E-state index in [0.717, 1.165) is 4.88 Å². The van der Waals surface area contributed by atoms with E-state index in [1.807, 2.05) is 23.6 Å². The lowest BCUT2D eigenvalue weighted by Gasteiger charge is -2.14. The van der Waals surface area contributed by atoms with Crippen LogP contribution in [0.5, 0.6) is 0 Å². The molecular weight excluding hydrogens is 302 g/mol. The molecule has 0 spiro atoms. The van der Waals surface area contributed by atoms with Crippen molar-refractivity contribution in [1.29, 1.82) is 0 Å². The maximum atomic E-state index is 12.1. The molecule has 0 atom stereocenters. The van der Waals surface area contributed by atoms with Crippen LogP contribution in [0, 0.1) is 0 Å². The number of thiocarbonyl (C=S) groups is 1. The molecule has 0 N–H and O–H groups in total. The maximum Gasteiger partial charge on any atom is 0.266 e. The number of nitrogens with zero attached hydrogens (tertiary/aromatic N) is 1. The topological polar surface area (TPSA) is 60.4 Å². The largest absolute Gasteiger partial charge is 0.550 e. The van der Waals surface area contributed by atoms with E-state index in [1.54, 1.807) is 11.3 Å². The first-order valence-electron chi connectivity index (χ1n) is 5.56. The average molecular weight is 312 g/mol. The predicted molar refractivity (Wildman–Crippen MR) is 78.4 cm³/mol. The zero-order chi connectivity index (χ0) is 13.8. The highest BCUT2D eigenvalue weighted by molar-refractivity contribution is 8.26. The fourth-order valence-electron chi connectivity index (χ4n) is 1.58. The van der Waals surface area contributed by atoms with Crippen LogP contribution in [0.1, 0.15) is 17.7 Å². The summed E-state index contributed by atoms with van der Waals surface area (Å²) >= 11 is 7.93. The number of carbonyl (C=O) groups is 2. The van der Waals surface area contributed by atoms with Gasteiger partial charge in [0.25, 0.3) is 5.91 Å². The Hall–Kier alpha value is -1.18. The molecule has 1 amide bonds. The van der Waals surface area contributed by atoms with E-state index in [0.29, 0.717) is 22.2 Å². The van der Waals surface area contributed by atoms with Gasteiger partial charge in [0, 0.05) is 17.4 Å². The Labute approximate surface area is 124 Å². The van der Waals surface area contributed by atoms with Crippen molar-refractivity contribution in [1.82, 2.24) is 4.90 Å². The second kappa shape index (κ2) is 6.31. The Bertz CT molecular complexity index is 536. The number of carbonyl (C=O) groups excluding carboxylic acids is 2. The van der Waals surface area contributed by atoms with Crippen molar-refractivity contribution in [3.8, 4) is 0 Å². The number of carboxylic acids is 1. The van der Waals surface area contributed by atoms with E-state index >= 15 is 0 Å². The Morgan fingerprint density at radius 2 is 2.32 bits per heavy atom. The summed E-state index contributed by atoms with van der Waals surface area (Å²) in [5.41, 5.74) is 0. The lowest BCUT2D eigenvalue weighted by atomic mass is 10.3. The highest BCUT2D eigenvalue weighted by Crippen LogP contribution is 2.33. The number of thioether (sulfide) groups is 1. The molecule has 0 saturated carbocycles. The Morgan fingerprint density at radius 1 is 1.53 bits per heavy atom. The molecule has 4 nitrogen and oxygen atoms in total. The number of rotatable bonds is 5. The van der Waals surface area contributed by atoms with Crippen molar-refractivity contribution in [3.63, 3.8) is 0 Å². The summed E-state index contributed by atoms with van der Waals surface area (Å²) < 4.78 is 0.478. The highest BCUT2D eigenvalue weighted by Gasteiger charge is 2.31. The summed E-state index contributed by atoms with van der Waals surface area (Å²) in [4.78, 5) is 25.5. The number of aliphatic carboxylic acids is 1. The number of hydrogen-bond acceptors (Lipinski definition) is 6. The molecule has 0 radical (unpaired) electrons. The van der Waals surface area contributed by atoms with E-state index in [-0.39, 0.29) is 12.3 Å². The predicted octanol–water partition coefficient (Wildman–Crippen LogP) is 1.48. The molecule has 2 rings (SSSR count). The summed E-state index contributed by atoms with van der Waals surface area (Å²) in [6.45, 7) is 0.320. The van der Waals surface area contributed by atoms with Crippen LogP contribution in [0.2, 0.25) is 0 Å². The van der Waals surface area contributed by atoms with E-state index < -0.39 is 5.97 Å². The van der Waals surface area contributed by atoms with Gasteiger partial charge in [-0.25, -0.2) is 0 Å². The second-order valence-corrected chi connectivity index (χ2v) is 6.48. The van der Waals surface area contributed by atoms with Crippen molar-refractivity contribution >= 4 is 57.6 Å². The zero-order valence-corrected chi connectivity index (χ0v) is 12.3. The van der Waals surface area contributed by atoms with Gasteiger partial charge >= 0.3 is 0 Å². The third kappa shape index (κ3) is 3.65. The van der Waals surface area contributed by atoms with Crippen molar-refractivity contribution in [2.75, 3.05) is 6.54 Å². The molecule has 1 aromatic rings. The van der Waals surface area contributed by atoms with Crippen LogP contribution in [-0.2, 0) is 9.59 Å². The highest BCUT2D eigenvalue weighted by atomic mass is 32.2. The van der Waals surface area contributed by atoms with Gasteiger partial charge < -0.3 is 9.90 Å². The second-order valence-electron chi connectivity index (χ2n) is 3.82. The zero-order valence-electron chi connectivity index (χ0n) is 9.83. The van der Waals surface area contributed by atoms with Crippen LogP contribution in [0.3, 0.4) is 0 Å². The van der Waals surface area contributed by atoms with E-state index in [4.69, 9.17) is 12.2 Å². The Balaban J connectivity index is 2.02. The van der Waals surface area contributed by atoms with Gasteiger partial charge in [0.2, 0.25) is 0 Å². The SMILES string of the molecule is O=C([O-])CCCN1C(=O)/C(=C/c2cccs2)SC1=S. The van der Waals surface area contributed by atoms with Crippen LogP contribution in [0.25, 0.3) is 6.08 Å². The van der Waals surface area contributed by atoms with Crippen LogP contribution in [0.15, 0.2) is 22.4 Å². The lowest BCUT2D eigenvalue weighted by Crippen LogP contribution is -2.30. The molecule has 2 heterocycles. The van der Waals surface area contributed by atoms with Crippen molar-refractivity contribution in [2.45, 2.75) is 12.8 Å². The first kappa shape index (κ1) is 14.2. The first-order chi connectivity index (χ1) is 9.08. The Kier molecular flexibility index (Phi) is 4.73. The molecule has 1 aromatic heterocycles. The van der Waals surface area contributed by atoms with Crippen LogP contribution in [-0.4, -0.2) is 27.6 Å². The molecular formula is C12H10NO3S3-. The summed E-state index contributed by atoms with van der Waals surface area (Å²) in [6, 6.07) is 3.84. The lowest BCUT2D eigenvalue weighted by molar-refractivity contribution is -0.305. The summed E-state index contributed by atoms with van der Waals surface area (Å²) in [7, 11) is 0. The summed E-state index contributed by atoms with van der Waals surface area (Å²) in [6.07, 6.45) is 2.09. The van der Waals surface area contributed by atoms with Gasteiger partial charge in [-0.15, -0.1) is 11.3 Å². The van der Waals surface area contributed by atoms with Crippen LogP contribution in [0.4, 0.5) is 0 Å². The van der Waals surface area contributed by atoms with Crippen molar-refractivity contribution in [2.24, 2.45) is 0 Å². The first-order valence-corrected chi connectivity index (χ1v) is 7.67. The van der Waals surface area contributed by atoms with Crippen molar-refractivity contribution < 1.29 is 14.7 Å². The van der Waals surface area contributed by atoms with Crippen LogP contribution >= 0.6 is 35.3 Å². The molecule has 1 fully saturated rings. The molecule has 0 unspecified atom stereocenters. The molecule has 1 saturated heterocycles. The molecule has 1 aliphatic heterocycles. The molecule has 0 aliphatic carbocycles.